The molecule has 1 aliphatic heterocycles. The summed E-state index contributed by atoms with van der Waals surface area (Å²) in [6.45, 7) is 0.191. The highest BCUT2D eigenvalue weighted by Gasteiger charge is 2.55. The summed E-state index contributed by atoms with van der Waals surface area (Å²) in [4.78, 5) is 10.4. The molecular weight excluding hydrogens is 381 g/mol. The first-order valence-corrected chi connectivity index (χ1v) is 10.9. The van der Waals surface area contributed by atoms with Crippen LogP contribution in [-0.4, -0.2) is 51.5 Å². The highest BCUT2D eigenvalue weighted by Crippen LogP contribution is 2.56. The molecule has 28 heavy (non-hydrogen) atoms. The van der Waals surface area contributed by atoms with Crippen LogP contribution < -0.4 is 5.73 Å². The lowest BCUT2D eigenvalue weighted by atomic mass is 10.0. The molecule has 1 fully saturated rings. The summed E-state index contributed by atoms with van der Waals surface area (Å²) in [5, 5.41) is 21.0. The molecule has 2 unspecified atom stereocenters. The van der Waals surface area contributed by atoms with E-state index in [-0.39, 0.29) is 19.8 Å². The number of hydrogen-bond acceptors (Lipinski definition) is 6. The van der Waals surface area contributed by atoms with Crippen molar-refractivity contribution in [2.24, 2.45) is 5.73 Å². The molecule has 152 valence electrons. The molecule has 0 spiro atoms. The first-order valence-electron chi connectivity index (χ1n) is 9.12. The minimum absolute atomic E-state index is 0.163. The van der Waals surface area contributed by atoms with Crippen LogP contribution in [0.15, 0.2) is 60.7 Å². The summed E-state index contributed by atoms with van der Waals surface area (Å²) in [6, 6.07) is 17.4. The zero-order chi connectivity index (χ0) is 20.1. The largest absolute Gasteiger partial charge is 0.389 e. The fourth-order valence-electron chi connectivity index (χ4n) is 3.33. The van der Waals surface area contributed by atoms with Crippen LogP contribution in [-0.2, 0) is 27.3 Å². The Morgan fingerprint density at radius 2 is 1.46 bits per heavy atom. The van der Waals surface area contributed by atoms with Gasteiger partial charge in [-0.25, -0.2) is 0 Å². The van der Waals surface area contributed by atoms with Gasteiger partial charge in [0.15, 0.2) is 0 Å². The standard InChI is InChI=1S/C20H26NO6P/c21-17-19(27-12-15-9-5-2-6-10-15)18(22)16(28(24,25)20(17)23)13-26-11-14-7-3-1-4-8-14/h1-10,16-20,22-23H,11-13,21H2,(H,24,25)/t16-,17+,18-,19-,20?/m1/s1. The van der Waals surface area contributed by atoms with E-state index in [1.807, 2.05) is 60.7 Å². The predicted octanol–water partition coefficient (Wildman–Crippen LogP) is 1.45. The first kappa shape index (κ1) is 21.1. The Hall–Kier alpha value is -1.57. The van der Waals surface area contributed by atoms with Crippen LogP contribution in [0.5, 0.6) is 0 Å². The Bertz CT molecular complexity index is 790. The number of nitrogens with two attached hydrogens (primary N) is 1. The van der Waals surface area contributed by atoms with E-state index in [0.717, 1.165) is 11.1 Å². The van der Waals surface area contributed by atoms with Gasteiger partial charge in [-0.2, -0.15) is 0 Å². The van der Waals surface area contributed by atoms with Gasteiger partial charge in [0.05, 0.1) is 37.6 Å². The highest BCUT2D eigenvalue weighted by atomic mass is 31.2. The average molecular weight is 407 g/mol. The van der Waals surface area contributed by atoms with Crippen molar-refractivity contribution in [2.45, 2.75) is 43.0 Å². The third-order valence-electron chi connectivity index (χ3n) is 4.99. The molecule has 0 aromatic heterocycles. The predicted molar refractivity (Wildman–Crippen MR) is 105 cm³/mol. The maximum absolute atomic E-state index is 12.7. The number of hydrogen-bond donors (Lipinski definition) is 4. The van der Waals surface area contributed by atoms with E-state index in [2.05, 4.69) is 0 Å². The topological polar surface area (TPSA) is 122 Å². The number of ether oxygens (including phenoxy) is 2. The van der Waals surface area contributed by atoms with Crippen molar-refractivity contribution >= 4 is 7.37 Å². The molecule has 0 radical (unpaired) electrons. The molecule has 6 atom stereocenters. The van der Waals surface area contributed by atoms with Gasteiger partial charge in [0.1, 0.15) is 11.9 Å². The van der Waals surface area contributed by atoms with E-state index in [0.29, 0.717) is 0 Å². The number of rotatable bonds is 7. The molecule has 0 saturated carbocycles. The van der Waals surface area contributed by atoms with Crippen molar-refractivity contribution in [1.82, 2.24) is 0 Å². The first-order chi connectivity index (χ1) is 13.4. The molecule has 5 N–H and O–H groups in total. The second-order valence-electron chi connectivity index (χ2n) is 6.98. The van der Waals surface area contributed by atoms with Gasteiger partial charge in [0.25, 0.3) is 0 Å². The summed E-state index contributed by atoms with van der Waals surface area (Å²) >= 11 is 0. The van der Waals surface area contributed by atoms with Crippen LogP contribution >= 0.6 is 7.37 Å². The molecule has 2 aromatic carbocycles. The van der Waals surface area contributed by atoms with Crippen LogP contribution in [0.1, 0.15) is 11.1 Å². The van der Waals surface area contributed by atoms with Crippen LogP contribution in [0.2, 0.25) is 0 Å². The lowest BCUT2D eigenvalue weighted by Gasteiger charge is -2.43. The van der Waals surface area contributed by atoms with Gasteiger partial charge in [-0.05, 0) is 11.1 Å². The molecule has 2 aromatic rings. The third kappa shape index (κ3) is 4.70. The maximum Gasteiger partial charge on any atom is 0.237 e. The van der Waals surface area contributed by atoms with Crippen LogP contribution in [0.25, 0.3) is 0 Å². The van der Waals surface area contributed by atoms with Gasteiger partial charge in [-0.15, -0.1) is 0 Å². The van der Waals surface area contributed by atoms with Crippen molar-refractivity contribution in [3.63, 3.8) is 0 Å². The quantitative estimate of drug-likeness (QED) is 0.513. The van der Waals surface area contributed by atoms with Gasteiger partial charge < -0.3 is 30.3 Å². The number of aliphatic hydroxyl groups is 2. The van der Waals surface area contributed by atoms with Gasteiger partial charge in [-0.1, -0.05) is 60.7 Å². The summed E-state index contributed by atoms with van der Waals surface area (Å²) in [6.07, 6.45) is -2.33. The molecule has 1 saturated heterocycles. The third-order valence-corrected chi connectivity index (χ3v) is 7.50. The second kappa shape index (κ2) is 9.29. The minimum Gasteiger partial charge on any atom is -0.389 e. The van der Waals surface area contributed by atoms with Crippen molar-refractivity contribution < 1.29 is 29.1 Å². The fraction of sp³-hybridized carbons (Fsp3) is 0.400. The van der Waals surface area contributed by atoms with Crippen molar-refractivity contribution in [2.75, 3.05) is 6.61 Å². The van der Waals surface area contributed by atoms with E-state index in [4.69, 9.17) is 15.2 Å². The van der Waals surface area contributed by atoms with Gasteiger partial charge >= 0.3 is 0 Å². The summed E-state index contributed by atoms with van der Waals surface area (Å²) < 4.78 is 24.0. The highest BCUT2D eigenvalue weighted by molar-refractivity contribution is 7.59. The molecule has 1 aliphatic rings. The second-order valence-corrected chi connectivity index (χ2v) is 9.52. The van der Waals surface area contributed by atoms with Gasteiger partial charge in [-0.3, -0.25) is 4.57 Å². The molecule has 1 heterocycles. The Kier molecular flexibility index (Phi) is 7.01. The van der Waals surface area contributed by atoms with Crippen molar-refractivity contribution in [1.29, 1.82) is 0 Å². The van der Waals surface area contributed by atoms with Crippen molar-refractivity contribution in [3.05, 3.63) is 71.8 Å². The van der Waals surface area contributed by atoms with Crippen molar-refractivity contribution in [3.8, 4) is 0 Å². The normalized spacial score (nSPS) is 32.9. The zero-order valence-corrected chi connectivity index (χ0v) is 16.3. The molecule has 0 bridgehead atoms. The van der Waals surface area contributed by atoms with E-state index in [1.165, 1.54) is 0 Å². The number of benzene rings is 2. The Labute approximate surface area is 164 Å². The van der Waals surface area contributed by atoms with Crippen LogP contribution in [0.3, 0.4) is 0 Å². The molecule has 3 rings (SSSR count). The maximum atomic E-state index is 12.7. The van der Waals surface area contributed by atoms with E-state index >= 15 is 0 Å². The van der Waals surface area contributed by atoms with Crippen LogP contribution in [0.4, 0.5) is 0 Å². The zero-order valence-electron chi connectivity index (χ0n) is 15.4. The summed E-state index contributed by atoms with van der Waals surface area (Å²) in [5.74, 6) is -1.69. The Morgan fingerprint density at radius 1 is 0.929 bits per heavy atom. The van der Waals surface area contributed by atoms with Gasteiger partial charge in [0, 0.05) is 0 Å². The fourth-order valence-corrected chi connectivity index (χ4v) is 5.31. The Morgan fingerprint density at radius 3 is 2.04 bits per heavy atom. The molecule has 8 heteroatoms. The van der Waals surface area contributed by atoms with Crippen LogP contribution in [0, 0.1) is 0 Å². The monoisotopic (exact) mass is 407 g/mol. The molecule has 7 nitrogen and oxygen atoms in total. The van der Waals surface area contributed by atoms with E-state index in [1.54, 1.807) is 0 Å². The molecule has 0 amide bonds. The summed E-state index contributed by atoms with van der Waals surface area (Å²) in [7, 11) is -4.18. The van der Waals surface area contributed by atoms with Gasteiger partial charge in [0.2, 0.25) is 7.37 Å². The lowest BCUT2D eigenvalue weighted by molar-refractivity contribution is -0.0904. The van der Waals surface area contributed by atoms with E-state index in [9.17, 15) is 19.7 Å². The SMILES string of the molecule is N[C@@H]1C(O)P(=O)(O)[C@H](COCc2ccccc2)[C@@H](O)[C@@H]1OCc1ccccc1. The average Bonchev–Trinajstić information content (AvgIpc) is 2.71. The summed E-state index contributed by atoms with van der Waals surface area (Å²) in [5.41, 5.74) is 6.50. The molecule has 0 aliphatic carbocycles. The van der Waals surface area contributed by atoms with E-state index < -0.39 is 37.1 Å². The molecular formula is C20H26NO6P. The lowest BCUT2D eigenvalue weighted by Crippen LogP contribution is -2.60. The minimum atomic E-state index is -4.18. The number of aliphatic hydroxyl groups excluding tert-OH is 2. The smallest absolute Gasteiger partial charge is 0.237 e. The Balaban J connectivity index is 1.67.